The summed E-state index contributed by atoms with van der Waals surface area (Å²) in [6.45, 7) is 5.26. The number of ether oxygens (including phenoxy) is 2. The van der Waals surface area contributed by atoms with E-state index in [0.717, 1.165) is 31.0 Å². The minimum absolute atomic E-state index is 0.206. The molecule has 4 heteroatoms. The normalized spacial score (nSPS) is 12.7. The van der Waals surface area contributed by atoms with Gasteiger partial charge in [-0.1, -0.05) is 74.0 Å². The van der Waals surface area contributed by atoms with E-state index >= 15 is 0 Å². The highest BCUT2D eigenvalue weighted by Gasteiger charge is 2.17. The van der Waals surface area contributed by atoms with Crippen LogP contribution in [0.5, 0.6) is 0 Å². The van der Waals surface area contributed by atoms with Gasteiger partial charge in [-0.2, -0.15) is 0 Å². The van der Waals surface area contributed by atoms with Gasteiger partial charge >= 0.3 is 5.97 Å². The van der Waals surface area contributed by atoms with Crippen molar-refractivity contribution >= 4 is 21.9 Å². The first-order valence-electron chi connectivity index (χ1n) is 9.25. The predicted octanol–water partition coefficient (Wildman–Crippen LogP) is 5.81. The largest absolute Gasteiger partial charge is 0.464 e. The number of carbonyl (C=O) groups excluding carboxylic acids is 1. The molecule has 0 aliphatic rings. The Hall–Kier alpha value is -0.350. The number of hydrogen-bond acceptors (Lipinski definition) is 3. The number of halogens is 1. The van der Waals surface area contributed by atoms with E-state index in [-0.39, 0.29) is 5.97 Å². The summed E-state index contributed by atoms with van der Waals surface area (Å²) in [6.07, 6.45) is 14.8. The molecule has 0 radical (unpaired) electrons. The molecule has 1 atom stereocenters. The Bertz CT molecular complexity index is 292. The van der Waals surface area contributed by atoms with Gasteiger partial charge < -0.3 is 9.47 Å². The van der Waals surface area contributed by atoms with E-state index in [1.807, 2.05) is 6.92 Å². The second-order valence-corrected chi connectivity index (χ2v) is 6.59. The monoisotopic (exact) mass is 390 g/mol. The van der Waals surface area contributed by atoms with Crippen LogP contribution in [0.15, 0.2) is 12.2 Å². The maximum absolute atomic E-state index is 11.9. The lowest BCUT2D eigenvalue weighted by Gasteiger charge is -2.14. The predicted molar refractivity (Wildman–Crippen MR) is 101 cm³/mol. The van der Waals surface area contributed by atoms with E-state index in [4.69, 9.17) is 9.47 Å². The number of unbranched alkanes of at least 4 members (excludes halogenated alkanes) is 6. The summed E-state index contributed by atoms with van der Waals surface area (Å²) in [5.74, 6) is -0.206. The van der Waals surface area contributed by atoms with E-state index in [9.17, 15) is 4.79 Å². The quantitative estimate of drug-likeness (QED) is 0.144. The summed E-state index contributed by atoms with van der Waals surface area (Å²) in [5.41, 5.74) is 0. The topological polar surface area (TPSA) is 35.5 Å². The third-order valence-corrected chi connectivity index (χ3v) is 4.21. The Balaban J connectivity index is 3.63. The van der Waals surface area contributed by atoms with Gasteiger partial charge in [-0.3, -0.25) is 0 Å². The van der Waals surface area contributed by atoms with Crippen molar-refractivity contribution in [2.45, 2.75) is 84.2 Å². The van der Waals surface area contributed by atoms with Gasteiger partial charge in [0.1, 0.15) is 0 Å². The third-order valence-electron chi connectivity index (χ3n) is 3.65. The number of carbonyl (C=O) groups is 1. The lowest BCUT2D eigenvalue weighted by molar-refractivity contribution is -0.157. The lowest BCUT2D eigenvalue weighted by atomic mass is 10.2. The number of alkyl halides is 1. The highest BCUT2D eigenvalue weighted by atomic mass is 79.9. The molecule has 0 bridgehead atoms. The molecule has 0 aromatic heterocycles. The van der Waals surface area contributed by atoms with Gasteiger partial charge in [0.2, 0.25) is 0 Å². The molecule has 0 aromatic rings. The van der Waals surface area contributed by atoms with Crippen molar-refractivity contribution in [1.82, 2.24) is 0 Å². The van der Waals surface area contributed by atoms with Crippen molar-refractivity contribution in [3.8, 4) is 0 Å². The molecule has 0 amide bonds. The van der Waals surface area contributed by atoms with Crippen LogP contribution in [0, 0.1) is 0 Å². The highest BCUT2D eigenvalue weighted by molar-refractivity contribution is 9.09. The van der Waals surface area contributed by atoms with E-state index in [1.165, 1.54) is 32.1 Å². The maximum atomic E-state index is 11.9. The minimum Gasteiger partial charge on any atom is -0.464 e. The number of hydrogen-bond donors (Lipinski definition) is 0. The molecule has 0 saturated heterocycles. The Labute approximate surface area is 151 Å². The summed E-state index contributed by atoms with van der Waals surface area (Å²) in [6, 6.07) is 0. The van der Waals surface area contributed by atoms with Crippen molar-refractivity contribution in [2.75, 3.05) is 18.5 Å². The van der Waals surface area contributed by atoms with E-state index in [0.29, 0.717) is 19.6 Å². The maximum Gasteiger partial charge on any atom is 0.335 e. The van der Waals surface area contributed by atoms with Crippen LogP contribution in [0.3, 0.4) is 0 Å². The van der Waals surface area contributed by atoms with E-state index in [1.54, 1.807) is 0 Å². The first-order valence-corrected chi connectivity index (χ1v) is 10.4. The minimum atomic E-state index is -0.410. The number of rotatable bonds is 16. The standard InChI is InChI=1S/C19H35BrO3/c1-3-5-6-7-10-13-16-22-18(4-2)19(21)23-17-14-11-8-9-12-15-20/h7,10,18H,3-6,8-9,11-17H2,1-2H3/b10-7-. The molecular formula is C19H35BrO3. The van der Waals surface area contributed by atoms with Crippen molar-refractivity contribution in [3.05, 3.63) is 12.2 Å². The molecule has 0 fully saturated rings. The van der Waals surface area contributed by atoms with Gasteiger partial charge in [-0.25, -0.2) is 4.79 Å². The second-order valence-electron chi connectivity index (χ2n) is 5.79. The zero-order valence-electron chi connectivity index (χ0n) is 15.0. The summed E-state index contributed by atoms with van der Waals surface area (Å²) >= 11 is 3.43. The van der Waals surface area contributed by atoms with Crippen LogP contribution in [-0.4, -0.2) is 30.6 Å². The van der Waals surface area contributed by atoms with Crippen molar-refractivity contribution in [2.24, 2.45) is 0 Å². The summed E-state index contributed by atoms with van der Waals surface area (Å²) in [4.78, 5) is 11.9. The molecule has 0 saturated carbocycles. The average molecular weight is 391 g/mol. The van der Waals surface area contributed by atoms with Crippen LogP contribution in [0.2, 0.25) is 0 Å². The number of allylic oxidation sites excluding steroid dienone is 1. The average Bonchev–Trinajstić information content (AvgIpc) is 2.56. The Morgan fingerprint density at radius 2 is 1.65 bits per heavy atom. The van der Waals surface area contributed by atoms with Crippen LogP contribution < -0.4 is 0 Å². The molecule has 0 heterocycles. The first-order chi connectivity index (χ1) is 11.3. The van der Waals surface area contributed by atoms with Gasteiger partial charge in [0, 0.05) is 5.33 Å². The van der Waals surface area contributed by atoms with Crippen molar-refractivity contribution < 1.29 is 14.3 Å². The molecule has 1 unspecified atom stereocenters. The fraction of sp³-hybridized carbons (Fsp3) is 0.842. The zero-order chi connectivity index (χ0) is 17.2. The molecule has 3 nitrogen and oxygen atoms in total. The summed E-state index contributed by atoms with van der Waals surface area (Å²) in [5, 5.41) is 1.07. The zero-order valence-corrected chi connectivity index (χ0v) is 16.6. The molecule has 0 N–H and O–H groups in total. The fourth-order valence-corrected chi connectivity index (χ4v) is 2.58. The van der Waals surface area contributed by atoms with E-state index in [2.05, 4.69) is 35.0 Å². The summed E-state index contributed by atoms with van der Waals surface area (Å²) < 4.78 is 11.0. The van der Waals surface area contributed by atoms with Gasteiger partial charge in [-0.15, -0.1) is 0 Å². The van der Waals surface area contributed by atoms with Gasteiger partial charge in [0.15, 0.2) is 6.10 Å². The smallest absolute Gasteiger partial charge is 0.335 e. The van der Waals surface area contributed by atoms with Crippen LogP contribution in [0.25, 0.3) is 0 Å². The van der Waals surface area contributed by atoms with E-state index < -0.39 is 6.10 Å². The Kier molecular flexibility index (Phi) is 17.7. The number of esters is 1. The molecule has 136 valence electrons. The van der Waals surface area contributed by atoms with Crippen LogP contribution in [0.1, 0.15) is 78.1 Å². The molecule has 0 spiro atoms. The third kappa shape index (κ3) is 14.9. The molecule has 23 heavy (non-hydrogen) atoms. The Morgan fingerprint density at radius 3 is 2.35 bits per heavy atom. The highest BCUT2D eigenvalue weighted by Crippen LogP contribution is 2.07. The fourth-order valence-electron chi connectivity index (χ4n) is 2.18. The molecular weight excluding hydrogens is 356 g/mol. The lowest BCUT2D eigenvalue weighted by Crippen LogP contribution is -2.26. The van der Waals surface area contributed by atoms with Gasteiger partial charge in [0.05, 0.1) is 13.2 Å². The van der Waals surface area contributed by atoms with Gasteiger partial charge in [-0.05, 0) is 32.1 Å². The summed E-state index contributed by atoms with van der Waals surface area (Å²) in [7, 11) is 0. The van der Waals surface area contributed by atoms with Gasteiger partial charge in [0.25, 0.3) is 0 Å². The molecule has 0 aromatic carbocycles. The molecule has 0 rings (SSSR count). The first kappa shape index (κ1) is 22.6. The van der Waals surface area contributed by atoms with Crippen LogP contribution >= 0.6 is 15.9 Å². The SMILES string of the molecule is CCCC/C=C\CCOC(CC)C(=O)OCCCCCCCBr. The van der Waals surface area contributed by atoms with Crippen LogP contribution in [-0.2, 0) is 14.3 Å². The second kappa shape index (κ2) is 18.0. The Morgan fingerprint density at radius 1 is 0.957 bits per heavy atom. The molecule has 0 aliphatic carbocycles. The molecule has 0 aliphatic heterocycles. The van der Waals surface area contributed by atoms with Crippen molar-refractivity contribution in [3.63, 3.8) is 0 Å². The van der Waals surface area contributed by atoms with Crippen molar-refractivity contribution in [1.29, 1.82) is 0 Å². The van der Waals surface area contributed by atoms with Crippen LogP contribution in [0.4, 0.5) is 0 Å².